The lowest BCUT2D eigenvalue weighted by Gasteiger charge is -2.57. The minimum Gasteiger partial charge on any atom is -0.444 e. The van der Waals surface area contributed by atoms with Gasteiger partial charge in [-0.3, -0.25) is 9.29 Å². The number of piperidine rings is 1. The van der Waals surface area contributed by atoms with E-state index in [0.29, 0.717) is 6.54 Å². The number of alkyl halides is 1. The monoisotopic (exact) mass is 427 g/mol. The van der Waals surface area contributed by atoms with Crippen LogP contribution in [0.25, 0.3) is 0 Å². The van der Waals surface area contributed by atoms with E-state index in [1.807, 2.05) is 20.8 Å². The summed E-state index contributed by atoms with van der Waals surface area (Å²) in [7, 11) is 3.06. The summed E-state index contributed by atoms with van der Waals surface area (Å²) in [5.74, 6) is 3.38. The van der Waals surface area contributed by atoms with Gasteiger partial charge in [0.15, 0.2) is 0 Å². The summed E-state index contributed by atoms with van der Waals surface area (Å²) in [6.07, 6.45) is 0.332. The lowest BCUT2D eigenvalue weighted by Crippen LogP contribution is -2.72. The van der Waals surface area contributed by atoms with Crippen LogP contribution < -0.4 is 0 Å². The first-order valence-electron chi connectivity index (χ1n) is 10.5. The number of carbonyl (C=O) groups is 1. The van der Waals surface area contributed by atoms with Crippen molar-refractivity contribution in [3.05, 3.63) is 0 Å². The number of carbonyl (C=O) groups excluding carboxylic acids is 1. The molecule has 0 aromatic heterocycles. The van der Waals surface area contributed by atoms with Gasteiger partial charge in [0, 0.05) is 20.6 Å². The Morgan fingerprint density at radius 1 is 1.17 bits per heavy atom. The maximum absolute atomic E-state index is 13.1. The topological polar surface area (TPSA) is 66.5 Å². The molecule has 0 radical (unpaired) electrons. The van der Waals surface area contributed by atoms with Crippen LogP contribution in [-0.4, -0.2) is 73.4 Å². The fourth-order valence-corrected chi connectivity index (χ4v) is 4.36. The molecule has 0 N–H and O–H groups in total. The predicted octanol–water partition coefficient (Wildman–Crippen LogP) is 3.26. The molecule has 30 heavy (non-hydrogen) atoms. The highest BCUT2D eigenvalue weighted by Gasteiger charge is 2.68. The van der Waals surface area contributed by atoms with E-state index >= 15 is 0 Å². The number of rotatable bonds is 3. The van der Waals surface area contributed by atoms with Gasteiger partial charge in [-0.05, 0) is 47.5 Å². The van der Waals surface area contributed by atoms with Gasteiger partial charge in [0.1, 0.15) is 24.5 Å². The number of nitrogens with zero attached hydrogens (tertiary/aromatic N) is 1. The van der Waals surface area contributed by atoms with Gasteiger partial charge in [-0.25, -0.2) is 4.79 Å². The maximum atomic E-state index is 13.1. The number of methoxy groups -OCH3 is 2. The second-order valence-electron chi connectivity index (χ2n) is 9.47. The molecule has 170 valence electrons. The molecule has 0 aromatic carbocycles. The van der Waals surface area contributed by atoms with Gasteiger partial charge in [-0.1, -0.05) is 5.92 Å². The van der Waals surface area contributed by atoms with E-state index < -0.39 is 47.7 Å². The van der Waals surface area contributed by atoms with Crippen molar-refractivity contribution in [2.75, 3.05) is 27.4 Å². The molecule has 2 heterocycles. The summed E-state index contributed by atoms with van der Waals surface area (Å²) < 4.78 is 42.4. The Kier molecular flexibility index (Phi) is 6.16. The van der Waals surface area contributed by atoms with Crippen LogP contribution in [0.15, 0.2) is 0 Å². The standard InChI is InChI=1S/C22H34FNO6/c1-19(2,3)30-18(25)24-14-16-17(15(10-8-9-13-23)22(24)11-12-22)29-21(5,27-7)20(4,26-6)28-16/h15-17H,9,11-14H2,1-7H3. The van der Waals surface area contributed by atoms with Crippen molar-refractivity contribution in [2.45, 2.75) is 88.8 Å². The molecule has 2 aliphatic heterocycles. The molecule has 5 atom stereocenters. The number of fused-ring (bicyclic) bond motifs is 1. The highest BCUT2D eigenvalue weighted by molar-refractivity contribution is 5.70. The SMILES string of the molecule is COC1(C)OC2CN(C(=O)OC(C)(C)C)C3(CC3)C(C#CCCF)C2OC1(C)OC. The Balaban J connectivity index is 1.98. The summed E-state index contributed by atoms with van der Waals surface area (Å²) in [4.78, 5) is 14.8. The summed E-state index contributed by atoms with van der Waals surface area (Å²) in [5.41, 5.74) is -1.13. The van der Waals surface area contributed by atoms with E-state index in [9.17, 15) is 9.18 Å². The zero-order chi connectivity index (χ0) is 22.4. The molecule has 1 amide bonds. The molecular formula is C22H34FNO6. The first-order valence-corrected chi connectivity index (χ1v) is 10.5. The molecule has 0 aromatic rings. The van der Waals surface area contributed by atoms with Crippen LogP contribution in [0.5, 0.6) is 0 Å². The molecule has 1 aliphatic carbocycles. The third kappa shape index (κ3) is 3.93. The van der Waals surface area contributed by atoms with Crippen molar-refractivity contribution >= 4 is 6.09 Å². The van der Waals surface area contributed by atoms with Crippen LogP contribution in [0, 0.1) is 17.8 Å². The summed E-state index contributed by atoms with van der Waals surface area (Å²) in [5, 5.41) is 0. The van der Waals surface area contributed by atoms with Gasteiger partial charge in [-0.2, -0.15) is 0 Å². The number of likely N-dealkylation sites (tertiary alicyclic amines) is 1. The van der Waals surface area contributed by atoms with Crippen LogP contribution >= 0.6 is 0 Å². The molecule has 3 rings (SSSR count). The summed E-state index contributed by atoms with van der Waals surface area (Å²) >= 11 is 0. The average molecular weight is 428 g/mol. The van der Waals surface area contributed by atoms with Crippen molar-refractivity contribution in [3.8, 4) is 11.8 Å². The van der Waals surface area contributed by atoms with Gasteiger partial charge in [0.05, 0.1) is 18.0 Å². The summed E-state index contributed by atoms with van der Waals surface area (Å²) in [6, 6.07) is 0. The second kappa shape index (κ2) is 7.94. The highest BCUT2D eigenvalue weighted by atomic mass is 19.1. The number of hydrogen-bond donors (Lipinski definition) is 0. The molecule has 1 spiro atoms. The zero-order valence-corrected chi connectivity index (χ0v) is 19.0. The second-order valence-corrected chi connectivity index (χ2v) is 9.47. The largest absolute Gasteiger partial charge is 0.444 e. The third-order valence-electron chi connectivity index (χ3n) is 6.37. The number of halogens is 1. The quantitative estimate of drug-likeness (QED) is 0.644. The Hall–Kier alpha value is -1.40. The van der Waals surface area contributed by atoms with Crippen molar-refractivity contribution in [1.82, 2.24) is 4.90 Å². The Labute approximate surface area is 178 Å². The van der Waals surface area contributed by atoms with E-state index in [-0.39, 0.29) is 12.3 Å². The fourth-order valence-electron chi connectivity index (χ4n) is 4.36. The molecule has 7 nitrogen and oxygen atoms in total. The highest BCUT2D eigenvalue weighted by Crippen LogP contribution is 2.56. The van der Waals surface area contributed by atoms with E-state index in [1.54, 1.807) is 18.7 Å². The summed E-state index contributed by atoms with van der Waals surface area (Å²) in [6.45, 7) is 8.78. The van der Waals surface area contributed by atoms with Crippen molar-refractivity contribution in [1.29, 1.82) is 0 Å². The number of hydrogen-bond acceptors (Lipinski definition) is 6. The normalized spacial score (nSPS) is 37.2. The Morgan fingerprint density at radius 3 is 2.27 bits per heavy atom. The molecule has 3 aliphatic rings. The van der Waals surface area contributed by atoms with E-state index in [0.717, 1.165) is 12.8 Å². The Bertz CT molecular complexity index is 723. The van der Waals surface area contributed by atoms with Gasteiger partial charge in [-0.15, -0.1) is 5.92 Å². The van der Waals surface area contributed by atoms with Crippen LogP contribution in [0.1, 0.15) is 53.9 Å². The van der Waals surface area contributed by atoms with Crippen LogP contribution in [-0.2, 0) is 23.7 Å². The molecule has 5 unspecified atom stereocenters. The van der Waals surface area contributed by atoms with Gasteiger partial charge in [0.2, 0.25) is 11.6 Å². The lowest BCUT2D eigenvalue weighted by atomic mass is 9.81. The van der Waals surface area contributed by atoms with Crippen LogP contribution in [0.3, 0.4) is 0 Å². The van der Waals surface area contributed by atoms with Crippen molar-refractivity contribution in [3.63, 3.8) is 0 Å². The average Bonchev–Trinajstić information content (AvgIpc) is 3.45. The van der Waals surface area contributed by atoms with Crippen LogP contribution in [0.4, 0.5) is 9.18 Å². The lowest BCUT2D eigenvalue weighted by molar-refractivity contribution is -0.456. The molecule has 3 fully saturated rings. The number of ether oxygens (including phenoxy) is 5. The first kappa shape index (κ1) is 23.3. The molecule has 0 bridgehead atoms. The zero-order valence-electron chi connectivity index (χ0n) is 19.0. The van der Waals surface area contributed by atoms with E-state index in [1.165, 1.54) is 14.2 Å². The van der Waals surface area contributed by atoms with Crippen molar-refractivity contribution in [2.24, 2.45) is 5.92 Å². The van der Waals surface area contributed by atoms with Gasteiger partial charge < -0.3 is 23.7 Å². The van der Waals surface area contributed by atoms with E-state index in [2.05, 4.69) is 11.8 Å². The Morgan fingerprint density at radius 2 is 1.77 bits per heavy atom. The third-order valence-corrected chi connectivity index (χ3v) is 6.37. The first-order chi connectivity index (χ1) is 14.0. The van der Waals surface area contributed by atoms with Crippen molar-refractivity contribution < 1.29 is 32.9 Å². The maximum Gasteiger partial charge on any atom is 0.410 e. The van der Waals surface area contributed by atoms with E-state index in [4.69, 9.17) is 23.7 Å². The van der Waals surface area contributed by atoms with Gasteiger partial charge >= 0.3 is 6.09 Å². The predicted molar refractivity (Wildman–Crippen MR) is 107 cm³/mol. The minimum atomic E-state index is -1.19. The van der Waals surface area contributed by atoms with Gasteiger partial charge in [0.25, 0.3) is 0 Å². The smallest absolute Gasteiger partial charge is 0.410 e. The molecule has 1 saturated carbocycles. The molecular weight excluding hydrogens is 393 g/mol. The number of amides is 1. The van der Waals surface area contributed by atoms with Crippen LogP contribution in [0.2, 0.25) is 0 Å². The minimum absolute atomic E-state index is 0.134. The molecule has 8 heteroatoms. The molecule has 2 saturated heterocycles. The fraction of sp³-hybridized carbons (Fsp3) is 0.864.